The summed E-state index contributed by atoms with van der Waals surface area (Å²) in [5, 5.41) is 11.7. The summed E-state index contributed by atoms with van der Waals surface area (Å²) in [4.78, 5) is 23.4. The first-order valence-electron chi connectivity index (χ1n) is 6.58. The van der Waals surface area contributed by atoms with Crippen LogP contribution in [0.5, 0.6) is 5.75 Å². The number of aromatic hydroxyl groups is 1. The zero-order valence-electron chi connectivity index (χ0n) is 12.1. The molecule has 0 fully saturated rings. The quantitative estimate of drug-likeness (QED) is 0.849. The summed E-state index contributed by atoms with van der Waals surface area (Å²) in [6.07, 6.45) is 0. The average molecular weight is 321 g/mol. The third-order valence-corrected chi connectivity index (χ3v) is 2.91. The molecule has 0 spiro atoms. The molecule has 0 aliphatic heterocycles. The number of aryl methyl sites for hydroxylation is 1. The summed E-state index contributed by atoms with van der Waals surface area (Å²) in [6.45, 7) is 1.03. The number of nitrogens with one attached hydrogen (secondary N) is 1. The number of esters is 1. The van der Waals surface area contributed by atoms with E-state index >= 15 is 0 Å². The number of amides is 1. The van der Waals surface area contributed by atoms with Crippen molar-refractivity contribution in [3.8, 4) is 5.75 Å². The highest BCUT2D eigenvalue weighted by Gasteiger charge is 2.15. The topological polar surface area (TPSA) is 75.6 Å². The number of halogens is 2. The SMILES string of the molecule is Cc1ccc(C(=O)OCC(=O)Nc2cc(F)ccc2F)c(O)c1. The van der Waals surface area contributed by atoms with Gasteiger partial charge in [-0.05, 0) is 36.8 Å². The van der Waals surface area contributed by atoms with Crippen LogP contribution >= 0.6 is 0 Å². The van der Waals surface area contributed by atoms with Gasteiger partial charge in [-0.2, -0.15) is 0 Å². The maximum atomic E-state index is 13.4. The number of phenolic OH excluding ortho intramolecular Hbond substituents is 1. The van der Waals surface area contributed by atoms with E-state index in [-0.39, 0.29) is 17.0 Å². The van der Waals surface area contributed by atoms with Crippen LogP contribution in [0.25, 0.3) is 0 Å². The first kappa shape index (κ1) is 16.4. The van der Waals surface area contributed by atoms with E-state index < -0.39 is 30.1 Å². The molecular formula is C16H13F2NO4. The van der Waals surface area contributed by atoms with Gasteiger partial charge in [0, 0.05) is 6.07 Å². The Morgan fingerprint density at radius 2 is 1.91 bits per heavy atom. The molecule has 0 radical (unpaired) electrons. The molecular weight excluding hydrogens is 308 g/mol. The molecule has 0 aromatic heterocycles. The molecule has 0 aliphatic rings. The molecule has 0 saturated heterocycles. The molecule has 0 unspecified atom stereocenters. The van der Waals surface area contributed by atoms with E-state index in [1.54, 1.807) is 13.0 Å². The van der Waals surface area contributed by atoms with Crippen molar-refractivity contribution in [2.45, 2.75) is 6.92 Å². The van der Waals surface area contributed by atoms with Crippen LogP contribution in [0.1, 0.15) is 15.9 Å². The van der Waals surface area contributed by atoms with Crippen LogP contribution in [0.3, 0.4) is 0 Å². The predicted octanol–water partition coefficient (Wildman–Crippen LogP) is 2.77. The Labute approximate surface area is 130 Å². The van der Waals surface area contributed by atoms with Crippen LogP contribution in [0.15, 0.2) is 36.4 Å². The molecule has 0 atom stereocenters. The van der Waals surface area contributed by atoms with Gasteiger partial charge in [-0.1, -0.05) is 6.07 Å². The predicted molar refractivity (Wildman–Crippen MR) is 78.1 cm³/mol. The Hall–Kier alpha value is -2.96. The van der Waals surface area contributed by atoms with E-state index in [1.807, 2.05) is 0 Å². The minimum Gasteiger partial charge on any atom is -0.507 e. The molecule has 2 aromatic rings. The van der Waals surface area contributed by atoms with Gasteiger partial charge in [-0.3, -0.25) is 4.79 Å². The molecule has 1 amide bonds. The zero-order valence-corrected chi connectivity index (χ0v) is 12.1. The first-order chi connectivity index (χ1) is 10.9. The van der Waals surface area contributed by atoms with Crippen molar-refractivity contribution in [3.63, 3.8) is 0 Å². The van der Waals surface area contributed by atoms with E-state index in [9.17, 15) is 23.5 Å². The number of rotatable bonds is 4. The van der Waals surface area contributed by atoms with Crippen molar-refractivity contribution in [2.24, 2.45) is 0 Å². The van der Waals surface area contributed by atoms with Crippen LogP contribution in [-0.2, 0) is 9.53 Å². The van der Waals surface area contributed by atoms with Gasteiger partial charge in [0.05, 0.1) is 5.69 Å². The van der Waals surface area contributed by atoms with Crippen molar-refractivity contribution in [3.05, 3.63) is 59.2 Å². The second kappa shape index (κ2) is 6.87. The lowest BCUT2D eigenvalue weighted by Gasteiger charge is -2.08. The Morgan fingerprint density at radius 1 is 1.17 bits per heavy atom. The molecule has 2 rings (SSSR count). The van der Waals surface area contributed by atoms with Crippen molar-refractivity contribution in [1.29, 1.82) is 0 Å². The van der Waals surface area contributed by atoms with Gasteiger partial charge in [-0.15, -0.1) is 0 Å². The number of carbonyl (C=O) groups excluding carboxylic acids is 2. The number of phenols is 1. The number of hydrogen-bond donors (Lipinski definition) is 2. The summed E-state index contributed by atoms with van der Waals surface area (Å²) in [6, 6.07) is 6.90. The highest BCUT2D eigenvalue weighted by Crippen LogP contribution is 2.19. The summed E-state index contributed by atoms with van der Waals surface area (Å²) in [5.74, 6) is -3.55. The fourth-order valence-corrected chi connectivity index (χ4v) is 1.80. The van der Waals surface area contributed by atoms with Crippen molar-refractivity contribution in [2.75, 3.05) is 11.9 Å². The standard InChI is InChI=1S/C16H13F2NO4/c1-9-2-4-11(14(20)6-9)16(22)23-8-15(21)19-13-7-10(17)3-5-12(13)18/h2-7,20H,8H2,1H3,(H,19,21). The molecule has 2 N–H and O–H groups in total. The van der Waals surface area contributed by atoms with Gasteiger partial charge in [0.1, 0.15) is 22.9 Å². The Morgan fingerprint density at radius 3 is 2.61 bits per heavy atom. The molecule has 2 aromatic carbocycles. The molecule has 0 aliphatic carbocycles. The molecule has 0 bridgehead atoms. The molecule has 23 heavy (non-hydrogen) atoms. The van der Waals surface area contributed by atoms with E-state index in [2.05, 4.69) is 5.32 Å². The van der Waals surface area contributed by atoms with Gasteiger partial charge >= 0.3 is 5.97 Å². The highest BCUT2D eigenvalue weighted by atomic mass is 19.1. The van der Waals surface area contributed by atoms with Crippen LogP contribution in [0.4, 0.5) is 14.5 Å². The summed E-state index contributed by atoms with van der Waals surface area (Å²) < 4.78 is 31.1. The van der Waals surface area contributed by atoms with Crippen LogP contribution in [-0.4, -0.2) is 23.6 Å². The Kier molecular flexibility index (Phi) is 4.90. The largest absolute Gasteiger partial charge is 0.507 e. The monoisotopic (exact) mass is 321 g/mol. The molecule has 7 heteroatoms. The fourth-order valence-electron chi connectivity index (χ4n) is 1.80. The maximum absolute atomic E-state index is 13.4. The third-order valence-electron chi connectivity index (χ3n) is 2.91. The second-order valence-corrected chi connectivity index (χ2v) is 4.77. The van der Waals surface area contributed by atoms with Crippen molar-refractivity contribution < 1.29 is 28.2 Å². The van der Waals surface area contributed by atoms with Crippen LogP contribution in [0.2, 0.25) is 0 Å². The number of carbonyl (C=O) groups is 2. The number of hydrogen-bond acceptors (Lipinski definition) is 4. The second-order valence-electron chi connectivity index (χ2n) is 4.77. The van der Waals surface area contributed by atoms with Gasteiger partial charge in [0.15, 0.2) is 6.61 Å². The zero-order chi connectivity index (χ0) is 17.0. The first-order valence-corrected chi connectivity index (χ1v) is 6.58. The van der Waals surface area contributed by atoms with Gasteiger partial charge in [0.25, 0.3) is 5.91 Å². The maximum Gasteiger partial charge on any atom is 0.342 e. The smallest absolute Gasteiger partial charge is 0.342 e. The Bertz CT molecular complexity index is 762. The van der Waals surface area contributed by atoms with E-state index in [4.69, 9.17) is 4.74 Å². The van der Waals surface area contributed by atoms with Gasteiger partial charge in [-0.25, -0.2) is 13.6 Å². The van der Waals surface area contributed by atoms with Crippen molar-refractivity contribution in [1.82, 2.24) is 0 Å². The number of ether oxygens (including phenoxy) is 1. The van der Waals surface area contributed by atoms with Crippen molar-refractivity contribution >= 4 is 17.6 Å². The number of anilines is 1. The molecule has 0 heterocycles. The van der Waals surface area contributed by atoms with Gasteiger partial charge < -0.3 is 15.2 Å². The molecule has 5 nitrogen and oxygen atoms in total. The molecule has 0 saturated carbocycles. The minimum absolute atomic E-state index is 0.0969. The Balaban J connectivity index is 1.96. The van der Waals surface area contributed by atoms with E-state index in [0.717, 1.165) is 23.8 Å². The van der Waals surface area contributed by atoms with E-state index in [0.29, 0.717) is 0 Å². The van der Waals surface area contributed by atoms with Crippen LogP contribution < -0.4 is 5.32 Å². The number of benzene rings is 2. The lowest BCUT2D eigenvalue weighted by atomic mass is 10.1. The highest BCUT2D eigenvalue weighted by molar-refractivity contribution is 5.96. The normalized spacial score (nSPS) is 10.2. The van der Waals surface area contributed by atoms with E-state index in [1.165, 1.54) is 12.1 Å². The summed E-state index contributed by atoms with van der Waals surface area (Å²) in [5.41, 5.74) is 0.294. The summed E-state index contributed by atoms with van der Waals surface area (Å²) in [7, 11) is 0. The van der Waals surface area contributed by atoms with Crippen LogP contribution in [0, 0.1) is 18.6 Å². The average Bonchev–Trinajstić information content (AvgIpc) is 2.48. The molecule has 120 valence electrons. The summed E-state index contributed by atoms with van der Waals surface area (Å²) >= 11 is 0. The lowest BCUT2D eigenvalue weighted by Crippen LogP contribution is -2.21. The van der Waals surface area contributed by atoms with Gasteiger partial charge in [0.2, 0.25) is 0 Å². The minimum atomic E-state index is -0.905. The third kappa shape index (κ3) is 4.26. The lowest BCUT2D eigenvalue weighted by molar-refractivity contribution is -0.119. The fraction of sp³-hybridized carbons (Fsp3) is 0.125.